The highest BCUT2D eigenvalue weighted by Gasteiger charge is 2.06. The van der Waals surface area contributed by atoms with Crippen molar-refractivity contribution in [3.8, 4) is 11.5 Å². The number of ether oxygens (including phenoxy) is 2. The van der Waals surface area contributed by atoms with Crippen LogP contribution in [0.25, 0.3) is 0 Å². The van der Waals surface area contributed by atoms with Crippen LogP contribution in [0.5, 0.6) is 11.5 Å². The second-order valence-corrected chi connectivity index (χ2v) is 4.71. The molecule has 1 rings (SSSR count). The molecule has 110 valence electrons. The maximum atomic E-state index is 5.65. The molecule has 0 unspecified atom stereocenters. The number of nitrogens with zero attached hydrogens (tertiary/aromatic N) is 1. The zero-order valence-electron chi connectivity index (χ0n) is 12.3. The van der Waals surface area contributed by atoms with Crippen molar-refractivity contribution < 1.29 is 9.47 Å². The molecule has 0 spiro atoms. The average Bonchev–Trinajstić information content (AvgIpc) is 2.40. The zero-order chi connectivity index (χ0) is 15.0. The van der Waals surface area contributed by atoms with Crippen molar-refractivity contribution >= 4 is 23.5 Å². The van der Waals surface area contributed by atoms with E-state index in [1.54, 1.807) is 13.3 Å². The van der Waals surface area contributed by atoms with Crippen LogP contribution in [-0.4, -0.2) is 31.1 Å². The molecule has 0 fully saturated rings. The summed E-state index contributed by atoms with van der Waals surface area (Å²) >= 11 is 5.00. The van der Waals surface area contributed by atoms with Gasteiger partial charge in [0.1, 0.15) is 0 Å². The van der Waals surface area contributed by atoms with E-state index in [9.17, 15) is 0 Å². The van der Waals surface area contributed by atoms with E-state index in [0.717, 1.165) is 17.9 Å². The van der Waals surface area contributed by atoms with Crippen molar-refractivity contribution in [3.05, 3.63) is 23.8 Å². The van der Waals surface area contributed by atoms with Crippen molar-refractivity contribution in [2.75, 3.05) is 13.7 Å². The van der Waals surface area contributed by atoms with Crippen molar-refractivity contribution in [2.45, 2.75) is 26.9 Å². The number of benzene rings is 1. The fourth-order valence-electron chi connectivity index (χ4n) is 1.48. The molecule has 0 amide bonds. The molecule has 1 aromatic rings. The molecule has 0 saturated heterocycles. The summed E-state index contributed by atoms with van der Waals surface area (Å²) < 4.78 is 11.0. The lowest BCUT2D eigenvalue weighted by molar-refractivity contribution is 0.230. The molecule has 1 aromatic carbocycles. The van der Waals surface area contributed by atoms with Gasteiger partial charge in [-0.1, -0.05) is 0 Å². The Kier molecular flexibility index (Phi) is 6.79. The highest BCUT2D eigenvalue weighted by atomic mass is 32.1. The fraction of sp³-hybridized carbons (Fsp3) is 0.429. The van der Waals surface area contributed by atoms with E-state index in [1.807, 2.05) is 39.0 Å². The van der Waals surface area contributed by atoms with Gasteiger partial charge in [0, 0.05) is 6.54 Å². The lowest BCUT2D eigenvalue weighted by Gasteiger charge is -2.13. The smallest absolute Gasteiger partial charge is 0.186 e. The van der Waals surface area contributed by atoms with Gasteiger partial charge in [-0.05, 0) is 56.8 Å². The van der Waals surface area contributed by atoms with Gasteiger partial charge in [0.15, 0.2) is 16.6 Å². The van der Waals surface area contributed by atoms with E-state index in [1.165, 1.54) is 0 Å². The van der Waals surface area contributed by atoms with Gasteiger partial charge in [-0.15, -0.1) is 0 Å². The first-order valence-electron chi connectivity index (χ1n) is 6.48. The predicted octanol–water partition coefficient (Wildman–Crippen LogP) is 2.30. The van der Waals surface area contributed by atoms with Gasteiger partial charge in [0.05, 0.1) is 19.4 Å². The van der Waals surface area contributed by atoms with Gasteiger partial charge in [-0.3, -0.25) is 5.43 Å². The number of nitrogens with one attached hydrogen (secondary N) is 2. The molecule has 0 saturated carbocycles. The summed E-state index contributed by atoms with van der Waals surface area (Å²) in [6, 6.07) is 5.63. The number of rotatable bonds is 6. The molecular formula is C14H21N3O2S. The minimum Gasteiger partial charge on any atom is -0.493 e. The molecule has 0 heterocycles. The lowest BCUT2D eigenvalue weighted by atomic mass is 10.2. The Labute approximate surface area is 125 Å². The van der Waals surface area contributed by atoms with Crippen LogP contribution in [0, 0.1) is 0 Å². The van der Waals surface area contributed by atoms with Crippen molar-refractivity contribution in [1.29, 1.82) is 0 Å². The Morgan fingerprint density at radius 3 is 2.75 bits per heavy atom. The quantitative estimate of drug-likeness (QED) is 0.479. The Morgan fingerprint density at radius 1 is 1.40 bits per heavy atom. The van der Waals surface area contributed by atoms with Gasteiger partial charge in [0.25, 0.3) is 0 Å². The largest absolute Gasteiger partial charge is 0.493 e. The van der Waals surface area contributed by atoms with Crippen molar-refractivity contribution in [2.24, 2.45) is 5.10 Å². The third-order valence-electron chi connectivity index (χ3n) is 2.27. The van der Waals surface area contributed by atoms with Crippen molar-refractivity contribution in [1.82, 2.24) is 10.7 Å². The molecule has 0 aliphatic rings. The number of hydrogen-bond acceptors (Lipinski definition) is 4. The number of hydrazone groups is 1. The Bertz CT molecular complexity index is 475. The molecule has 2 N–H and O–H groups in total. The van der Waals surface area contributed by atoms with Gasteiger partial charge in [0.2, 0.25) is 0 Å². The van der Waals surface area contributed by atoms with Crippen LogP contribution in [0.4, 0.5) is 0 Å². The maximum Gasteiger partial charge on any atom is 0.186 e. The Morgan fingerprint density at radius 2 is 2.15 bits per heavy atom. The monoisotopic (exact) mass is 295 g/mol. The molecule has 5 nitrogen and oxygen atoms in total. The second kappa shape index (κ2) is 8.37. The van der Waals surface area contributed by atoms with E-state index in [-0.39, 0.29) is 6.10 Å². The molecule has 0 aliphatic carbocycles. The summed E-state index contributed by atoms with van der Waals surface area (Å²) in [6.07, 6.45) is 1.77. The summed E-state index contributed by atoms with van der Waals surface area (Å²) in [5, 5.41) is 7.49. The van der Waals surface area contributed by atoms with Gasteiger partial charge in [-0.25, -0.2) is 0 Å². The summed E-state index contributed by atoms with van der Waals surface area (Å²) in [5.41, 5.74) is 3.63. The molecule has 0 bridgehead atoms. The summed E-state index contributed by atoms with van der Waals surface area (Å²) in [4.78, 5) is 0. The molecular weight excluding hydrogens is 274 g/mol. The molecule has 0 aromatic heterocycles. The molecule has 6 heteroatoms. The minimum absolute atomic E-state index is 0.0996. The fourth-order valence-corrected chi connectivity index (χ4v) is 1.68. The van der Waals surface area contributed by atoms with E-state index in [4.69, 9.17) is 21.7 Å². The van der Waals surface area contributed by atoms with E-state index in [0.29, 0.717) is 10.9 Å². The standard InChI is InChI=1S/C14H21N3O2S/c1-5-15-14(20)17-16-9-11-6-7-12(19-10(2)3)13(8-11)18-4/h6-10H,5H2,1-4H3,(H2,15,17,20)/b16-9+. The predicted molar refractivity (Wildman–Crippen MR) is 85.8 cm³/mol. The molecule has 0 aliphatic heterocycles. The van der Waals surface area contributed by atoms with Crippen LogP contribution in [0.15, 0.2) is 23.3 Å². The van der Waals surface area contributed by atoms with Gasteiger partial charge in [-0.2, -0.15) is 5.10 Å². The van der Waals surface area contributed by atoms with E-state index >= 15 is 0 Å². The third kappa shape index (κ3) is 5.44. The average molecular weight is 295 g/mol. The SMILES string of the molecule is CCNC(=S)N/N=C/c1ccc(OC(C)C)c(OC)c1. The first-order chi connectivity index (χ1) is 9.56. The second-order valence-electron chi connectivity index (χ2n) is 4.31. The summed E-state index contributed by atoms with van der Waals surface area (Å²) in [5.74, 6) is 1.40. The van der Waals surface area contributed by atoms with Crippen LogP contribution >= 0.6 is 12.2 Å². The summed E-state index contributed by atoms with van der Waals surface area (Å²) in [6.45, 7) is 6.67. The first kappa shape index (κ1) is 16.2. The van der Waals surface area contributed by atoms with E-state index < -0.39 is 0 Å². The van der Waals surface area contributed by atoms with Crippen LogP contribution in [0.3, 0.4) is 0 Å². The minimum atomic E-state index is 0.0996. The Hall–Kier alpha value is -1.82. The van der Waals surface area contributed by atoms with Gasteiger partial charge >= 0.3 is 0 Å². The van der Waals surface area contributed by atoms with Crippen LogP contribution < -0.4 is 20.2 Å². The van der Waals surface area contributed by atoms with Gasteiger partial charge < -0.3 is 14.8 Å². The highest BCUT2D eigenvalue weighted by molar-refractivity contribution is 7.80. The molecule has 0 atom stereocenters. The topological polar surface area (TPSA) is 54.9 Å². The van der Waals surface area contributed by atoms with Crippen LogP contribution in [-0.2, 0) is 0 Å². The third-order valence-corrected chi connectivity index (χ3v) is 2.50. The summed E-state index contributed by atoms with van der Waals surface area (Å²) in [7, 11) is 1.61. The Balaban J connectivity index is 2.72. The normalized spacial score (nSPS) is 10.7. The van der Waals surface area contributed by atoms with Crippen molar-refractivity contribution in [3.63, 3.8) is 0 Å². The number of thiocarbonyl (C=S) groups is 1. The lowest BCUT2D eigenvalue weighted by Crippen LogP contribution is -2.31. The maximum absolute atomic E-state index is 5.65. The highest BCUT2D eigenvalue weighted by Crippen LogP contribution is 2.28. The zero-order valence-corrected chi connectivity index (χ0v) is 13.1. The van der Waals surface area contributed by atoms with E-state index in [2.05, 4.69) is 15.8 Å². The van der Waals surface area contributed by atoms with Crippen LogP contribution in [0.1, 0.15) is 26.3 Å². The number of methoxy groups -OCH3 is 1. The van der Waals surface area contributed by atoms with Crippen LogP contribution in [0.2, 0.25) is 0 Å². The first-order valence-corrected chi connectivity index (χ1v) is 6.89. The molecule has 20 heavy (non-hydrogen) atoms. The molecule has 0 radical (unpaired) electrons. The number of hydrogen-bond donors (Lipinski definition) is 2.